The van der Waals surface area contributed by atoms with E-state index in [4.69, 9.17) is 4.74 Å². The molecule has 0 aromatic heterocycles. The highest BCUT2D eigenvalue weighted by molar-refractivity contribution is 9.10. The molecule has 0 bridgehead atoms. The first-order valence-electron chi connectivity index (χ1n) is 6.83. The van der Waals surface area contributed by atoms with Crippen LogP contribution in [0.15, 0.2) is 16.6 Å². The second kappa shape index (κ2) is 7.24. The van der Waals surface area contributed by atoms with Gasteiger partial charge in [0.05, 0.1) is 17.1 Å². The number of phenols is 1. The van der Waals surface area contributed by atoms with Crippen molar-refractivity contribution in [3.63, 3.8) is 0 Å². The number of phenolic OH excluding ortho intramolecular Hbond substituents is 1. The van der Waals surface area contributed by atoms with Gasteiger partial charge in [-0.25, -0.2) is 4.39 Å². The number of piperazine rings is 1. The molecule has 2 rings (SSSR count). The maximum absolute atomic E-state index is 13.5. The Labute approximate surface area is 127 Å². The van der Waals surface area contributed by atoms with Gasteiger partial charge in [0.1, 0.15) is 6.67 Å². The summed E-state index contributed by atoms with van der Waals surface area (Å²) in [5.41, 5.74) is 0.822. The quantitative estimate of drug-likeness (QED) is 0.859. The summed E-state index contributed by atoms with van der Waals surface area (Å²) in [7, 11) is 0. The lowest BCUT2D eigenvalue weighted by molar-refractivity contribution is 0.147. The van der Waals surface area contributed by atoms with Gasteiger partial charge in [0, 0.05) is 26.2 Å². The number of nitrogens with one attached hydrogen (secondary N) is 1. The zero-order chi connectivity index (χ0) is 14.5. The lowest BCUT2D eigenvalue weighted by atomic mass is 10.0. The molecule has 1 aliphatic heterocycles. The van der Waals surface area contributed by atoms with Gasteiger partial charge in [0.25, 0.3) is 0 Å². The first-order chi connectivity index (χ1) is 9.67. The Morgan fingerprint density at radius 3 is 2.75 bits per heavy atom. The van der Waals surface area contributed by atoms with Gasteiger partial charge in [-0.15, -0.1) is 0 Å². The van der Waals surface area contributed by atoms with Gasteiger partial charge in [0.2, 0.25) is 0 Å². The number of hydrogen-bond donors (Lipinski definition) is 2. The Balaban J connectivity index is 2.28. The lowest BCUT2D eigenvalue weighted by Crippen LogP contribution is -2.45. The van der Waals surface area contributed by atoms with Crippen LogP contribution in [0.2, 0.25) is 0 Å². The van der Waals surface area contributed by atoms with Crippen LogP contribution in [-0.4, -0.2) is 49.5 Å². The fraction of sp³-hybridized carbons (Fsp3) is 0.571. The van der Waals surface area contributed by atoms with Gasteiger partial charge in [-0.3, -0.25) is 4.90 Å². The minimum absolute atomic E-state index is 0.0634. The summed E-state index contributed by atoms with van der Waals surface area (Å²) in [6, 6.07) is 3.20. The predicted octanol–water partition coefficient (Wildman–Crippen LogP) is 2.47. The fourth-order valence-corrected chi connectivity index (χ4v) is 2.90. The summed E-state index contributed by atoms with van der Waals surface area (Å²) in [6.07, 6.45) is 0. The van der Waals surface area contributed by atoms with Crippen LogP contribution in [0.3, 0.4) is 0 Å². The second-order valence-electron chi connectivity index (χ2n) is 4.74. The molecule has 1 saturated heterocycles. The van der Waals surface area contributed by atoms with Gasteiger partial charge < -0.3 is 15.2 Å². The van der Waals surface area contributed by atoms with E-state index < -0.39 is 6.67 Å². The van der Waals surface area contributed by atoms with E-state index in [1.54, 1.807) is 12.1 Å². The average molecular weight is 347 g/mol. The van der Waals surface area contributed by atoms with E-state index in [1.165, 1.54) is 0 Å². The van der Waals surface area contributed by atoms with Crippen LogP contribution < -0.4 is 10.1 Å². The van der Waals surface area contributed by atoms with E-state index in [2.05, 4.69) is 26.1 Å². The molecule has 1 heterocycles. The largest absolute Gasteiger partial charge is 0.503 e. The molecule has 1 fully saturated rings. The summed E-state index contributed by atoms with van der Waals surface area (Å²) in [6.45, 7) is 5.22. The van der Waals surface area contributed by atoms with E-state index >= 15 is 0 Å². The van der Waals surface area contributed by atoms with E-state index in [1.807, 2.05) is 6.92 Å². The molecule has 1 aliphatic rings. The normalized spacial score (nSPS) is 17.9. The van der Waals surface area contributed by atoms with Gasteiger partial charge in [-0.1, -0.05) is 0 Å². The molecular weight excluding hydrogens is 327 g/mol. The third kappa shape index (κ3) is 3.42. The standard InChI is InChI=1S/C14H20BrFN2O2/c1-2-20-13-8-10(7-11(15)14(13)19)12(9-16)18-5-3-17-4-6-18/h7-8,12,17,19H,2-6,9H2,1H3/t12-/m0/s1. The monoisotopic (exact) mass is 346 g/mol. The molecule has 0 amide bonds. The van der Waals surface area contributed by atoms with Crippen LogP contribution in [0.1, 0.15) is 18.5 Å². The molecule has 0 saturated carbocycles. The minimum Gasteiger partial charge on any atom is -0.503 e. The highest BCUT2D eigenvalue weighted by Gasteiger charge is 2.24. The molecule has 20 heavy (non-hydrogen) atoms. The molecule has 0 spiro atoms. The topological polar surface area (TPSA) is 44.7 Å². The van der Waals surface area contributed by atoms with Crippen molar-refractivity contribution < 1.29 is 14.2 Å². The Morgan fingerprint density at radius 2 is 2.15 bits per heavy atom. The van der Waals surface area contributed by atoms with Crippen molar-refractivity contribution >= 4 is 15.9 Å². The molecule has 6 heteroatoms. The molecule has 2 N–H and O–H groups in total. The van der Waals surface area contributed by atoms with Crippen molar-refractivity contribution in [3.8, 4) is 11.5 Å². The Morgan fingerprint density at radius 1 is 1.45 bits per heavy atom. The zero-order valence-corrected chi connectivity index (χ0v) is 13.1. The first-order valence-corrected chi connectivity index (χ1v) is 7.62. The fourth-order valence-electron chi connectivity index (χ4n) is 2.44. The Hall–Kier alpha value is -0.850. The number of benzene rings is 1. The van der Waals surface area contributed by atoms with Crippen molar-refractivity contribution in [1.82, 2.24) is 10.2 Å². The number of halogens is 2. The van der Waals surface area contributed by atoms with Crippen molar-refractivity contribution in [2.24, 2.45) is 0 Å². The number of hydrogen-bond acceptors (Lipinski definition) is 4. The second-order valence-corrected chi connectivity index (χ2v) is 5.59. The maximum atomic E-state index is 13.5. The zero-order valence-electron chi connectivity index (χ0n) is 11.5. The summed E-state index contributed by atoms with van der Waals surface area (Å²) < 4.78 is 19.4. The van der Waals surface area contributed by atoms with E-state index in [0.29, 0.717) is 16.8 Å². The molecule has 0 radical (unpaired) electrons. The molecule has 0 aliphatic carbocycles. The highest BCUT2D eigenvalue weighted by atomic mass is 79.9. The lowest BCUT2D eigenvalue weighted by Gasteiger charge is -2.34. The molecule has 1 atom stereocenters. The van der Waals surface area contributed by atoms with Gasteiger partial charge in [0.15, 0.2) is 11.5 Å². The van der Waals surface area contributed by atoms with Gasteiger partial charge in [-0.2, -0.15) is 0 Å². The van der Waals surface area contributed by atoms with Gasteiger partial charge in [-0.05, 0) is 40.5 Å². The minimum atomic E-state index is -0.456. The van der Waals surface area contributed by atoms with Crippen LogP contribution in [0.4, 0.5) is 4.39 Å². The number of rotatable bonds is 5. The average Bonchev–Trinajstić information content (AvgIpc) is 2.46. The number of nitrogens with zero attached hydrogens (tertiary/aromatic N) is 1. The van der Waals surface area contributed by atoms with Gasteiger partial charge >= 0.3 is 0 Å². The predicted molar refractivity (Wildman–Crippen MR) is 80.1 cm³/mol. The van der Waals surface area contributed by atoms with E-state index in [0.717, 1.165) is 31.7 Å². The summed E-state index contributed by atoms with van der Waals surface area (Å²) in [5.74, 6) is 0.457. The molecule has 1 aromatic rings. The van der Waals surface area contributed by atoms with Crippen molar-refractivity contribution in [1.29, 1.82) is 0 Å². The van der Waals surface area contributed by atoms with Crippen molar-refractivity contribution in [2.75, 3.05) is 39.5 Å². The van der Waals surface area contributed by atoms with Crippen LogP contribution >= 0.6 is 15.9 Å². The smallest absolute Gasteiger partial charge is 0.172 e. The van der Waals surface area contributed by atoms with Crippen LogP contribution in [0, 0.1) is 0 Å². The summed E-state index contributed by atoms with van der Waals surface area (Å²) >= 11 is 3.31. The first kappa shape index (κ1) is 15.5. The van der Waals surface area contributed by atoms with Crippen molar-refractivity contribution in [3.05, 3.63) is 22.2 Å². The Bertz CT molecular complexity index is 453. The third-order valence-corrected chi connectivity index (χ3v) is 4.08. The van der Waals surface area contributed by atoms with Crippen LogP contribution in [0.5, 0.6) is 11.5 Å². The summed E-state index contributed by atoms with van der Waals surface area (Å²) in [5, 5.41) is 13.2. The molecule has 1 aromatic carbocycles. The maximum Gasteiger partial charge on any atom is 0.172 e. The highest BCUT2D eigenvalue weighted by Crippen LogP contribution is 2.38. The molecule has 0 unspecified atom stereocenters. The number of aromatic hydroxyl groups is 1. The number of ether oxygens (including phenoxy) is 1. The number of alkyl halides is 1. The molecular formula is C14H20BrFN2O2. The molecule has 4 nitrogen and oxygen atoms in total. The SMILES string of the molecule is CCOc1cc([C@H](CF)N2CCNCC2)cc(Br)c1O. The van der Waals surface area contributed by atoms with E-state index in [-0.39, 0.29) is 11.8 Å². The Kier molecular flexibility index (Phi) is 5.63. The summed E-state index contributed by atoms with van der Waals surface area (Å²) in [4.78, 5) is 2.12. The molecule has 112 valence electrons. The van der Waals surface area contributed by atoms with Crippen molar-refractivity contribution in [2.45, 2.75) is 13.0 Å². The van der Waals surface area contributed by atoms with Crippen LogP contribution in [-0.2, 0) is 0 Å². The van der Waals surface area contributed by atoms with E-state index in [9.17, 15) is 9.50 Å². The third-order valence-electron chi connectivity index (χ3n) is 3.47. The van der Waals surface area contributed by atoms with Crippen LogP contribution in [0.25, 0.3) is 0 Å².